The molecule has 0 heterocycles. The molecule has 0 aromatic carbocycles. The quantitative estimate of drug-likeness (QED) is 0.310. The van der Waals surface area contributed by atoms with Crippen LogP contribution in [-0.4, -0.2) is 34.2 Å². The molecule has 0 aromatic heterocycles. The third kappa shape index (κ3) is 12.1. The smallest absolute Gasteiger partial charge is 0.328 e. The average molecular weight is 321 g/mol. The van der Waals surface area contributed by atoms with Crippen LogP contribution in [0.15, 0.2) is 48.6 Å². The number of amides is 1. The fraction of sp³-hybridized carbons (Fsp3) is 0.444. The van der Waals surface area contributed by atoms with Crippen molar-refractivity contribution in [3.8, 4) is 0 Å². The number of carboxylic acid groups (broad SMARTS) is 1. The van der Waals surface area contributed by atoms with Crippen LogP contribution in [0, 0.1) is 0 Å². The number of carboxylic acids is 1. The lowest BCUT2D eigenvalue weighted by atomic mass is 10.2. The monoisotopic (exact) mass is 321 g/mol. The van der Waals surface area contributed by atoms with Crippen molar-refractivity contribution in [2.45, 2.75) is 51.7 Å². The molecule has 2 atom stereocenters. The van der Waals surface area contributed by atoms with Gasteiger partial charge in [0.25, 0.3) is 0 Å². The molecule has 0 aliphatic rings. The summed E-state index contributed by atoms with van der Waals surface area (Å²) < 4.78 is 0. The number of allylic oxidation sites excluding steroid dienone is 7. The van der Waals surface area contributed by atoms with Crippen molar-refractivity contribution >= 4 is 11.9 Å². The van der Waals surface area contributed by atoms with Crippen LogP contribution in [-0.2, 0) is 9.59 Å². The Morgan fingerprint density at radius 1 is 1.04 bits per heavy atom. The number of carbonyl (C=O) groups excluding carboxylic acids is 1. The van der Waals surface area contributed by atoms with Gasteiger partial charge in [-0.3, -0.25) is 4.79 Å². The second-order valence-electron chi connectivity index (χ2n) is 5.12. The first kappa shape index (κ1) is 20.9. The molecule has 128 valence electrons. The van der Waals surface area contributed by atoms with Gasteiger partial charge in [-0.05, 0) is 19.8 Å². The molecule has 0 aromatic rings. The topological polar surface area (TPSA) is 86.6 Å². The Kier molecular flexibility index (Phi) is 12.3. The summed E-state index contributed by atoms with van der Waals surface area (Å²) in [5, 5.41) is 20.3. The summed E-state index contributed by atoms with van der Waals surface area (Å²) >= 11 is 0. The minimum Gasteiger partial charge on any atom is -0.480 e. The lowest BCUT2D eigenvalue weighted by Crippen LogP contribution is -2.47. The van der Waals surface area contributed by atoms with E-state index in [4.69, 9.17) is 5.11 Å². The number of aliphatic hydroxyl groups excluding tert-OH is 1. The molecule has 3 N–H and O–H groups in total. The van der Waals surface area contributed by atoms with Gasteiger partial charge >= 0.3 is 5.97 Å². The van der Waals surface area contributed by atoms with Crippen molar-refractivity contribution < 1.29 is 19.8 Å². The second-order valence-corrected chi connectivity index (χ2v) is 5.12. The van der Waals surface area contributed by atoms with Gasteiger partial charge in [-0.15, -0.1) is 0 Å². The molecule has 5 nitrogen and oxygen atoms in total. The van der Waals surface area contributed by atoms with Crippen molar-refractivity contribution in [2.75, 3.05) is 0 Å². The molecule has 0 saturated carbocycles. The van der Waals surface area contributed by atoms with E-state index < -0.39 is 24.0 Å². The van der Waals surface area contributed by atoms with E-state index in [1.165, 1.54) is 38.3 Å². The highest BCUT2D eigenvalue weighted by atomic mass is 16.4. The van der Waals surface area contributed by atoms with Gasteiger partial charge in [-0.25, -0.2) is 4.79 Å². The van der Waals surface area contributed by atoms with Crippen molar-refractivity contribution in [3.05, 3.63) is 48.6 Å². The molecular formula is C18H27NO4. The molecular weight excluding hydrogens is 294 g/mol. The lowest BCUT2D eigenvalue weighted by Gasteiger charge is -2.15. The standard InChI is InChI=1S/C18H27NO4/c1-3-4-5-6-7-8-9-10-11-12-13-14-16(21)19-17(15(2)20)18(22)23/h7-15,17,20H,3-6H2,1-2H3,(H,19,21)(H,22,23)/b8-7+,10-9+,12-11+,14-13+. The molecule has 0 spiro atoms. The Labute approximate surface area is 138 Å². The zero-order chi connectivity index (χ0) is 17.5. The van der Waals surface area contributed by atoms with E-state index in [-0.39, 0.29) is 0 Å². The zero-order valence-electron chi connectivity index (χ0n) is 13.8. The van der Waals surface area contributed by atoms with Crippen LogP contribution in [0.4, 0.5) is 0 Å². The third-order valence-corrected chi connectivity index (χ3v) is 2.96. The number of rotatable bonds is 11. The highest BCUT2D eigenvalue weighted by molar-refractivity contribution is 5.91. The number of carbonyl (C=O) groups is 2. The van der Waals surface area contributed by atoms with E-state index in [1.807, 2.05) is 18.2 Å². The average Bonchev–Trinajstić information content (AvgIpc) is 2.49. The van der Waals surface area contributed by atoms with Gasteiger partial charge in [0.15, 0.2) is 6.04 Å². The van der Waals surface area contributed by atoms with Crippen LogP contribution >= 0.6 is 0 Å². The fourth-order valence-electron chi connectivity index (χ4n) is 1.68. The predicted octanol–water partition coefficient (Wildman–Crippen LogP) is 2.74. The minimum atomic E-state index is -1.31. The Hall–Kier alpha value is -2.14. The molecule has 0 saturated heterocycles. The first-order valence-corrected chi connectivity index (χ1v) is 7.87. The number of hydrogen-bond acceptors (Lipinski definition) is 3. The number of nitrogens with one attached hydrogen (secondary N) is 1. The van der Waals surface area contributed by atoms with E-state index in [0.717, 1.165) is 6.42 Å². The highest BCUT2D eigenvalue weighted by Gasteiger charge is 2.23. The molecule has 0 bridgehead atoms. The van der Waals surface area contributed by atoms with Crippen LogP contribution in [0.2, 0.25) is 0 Å². The van der Waals surface area contributed by atoms with Gasteiger partial charge in [0, 0.05) is 6.08 Å². The van der Waals surface area contributed by atoms with Crippen molar-refractivity contribution in [3.63, 3.8) is 0 Å². The first-order valence-electron chi connectivity index (χ1n) is 7.87. The van der Waals surface area contributed by atoms with Gasteiger partial charge in [0.05, 0.1) is 6.10 Å². The van der Waals surface area contributed by atoms with E-state index in [9.17, 15) is 14.7 Å². The lowest BCUT2D eigenvalue weighted by molar-refractivity contribution is -0.144. The van der Waals surface area contributed by atoms with Crippen LogP contribution in [0.5, 0.6) is 0 Å². The van der Waals surface area contributed by atoms with Crippen LogP contribution in [0.25, 0.3) is 0 Å². The normalized spacial score (nSPS) is 14.9. The molecule has 0 aliphatic carbocycles. The first-order chi connectivity index (χ1) is 11.0. The maximum Gasteiger partial charge on any atom is 0.328 e. The summed E-state index contributed by atoms with van der Waals surface area (Å²) in [5.41, 5.74) is 0. The Morgan fingerprint density at radius 2 is 1.65 bits per heavy atom. The molecule has 1 amide bonds. The maximum absolute atomic E-state index is 11.5. The minimum absolute atomic E-state index is 0.567. The molecule has 5 heteroatoms. The van der Waals surface area contributed by atoms with Gasteiger partial charge in [-0.1, -0.05) is 62.3 Å². The number of unbranched alkanes of at least 4 members (excludes halogenated alkanes) is 3. The van der Waals surface area contributed by atoms with Crippen LogP contribution in [0.1, 0.15) is 39.5 Å². The van der Waals surface area contributed by atoms with E-state index >= 15 is 0 Å². The third-order valence-electron chi connectivity index (χ3n) is 2.96. The highest BCUT2D eigenvalue weighted by Crippen LogP contribution is 1.99. The van der Waals surface area contributed by atoms with Gasteiger partial charge in [-0.2, -0.15) is 0 Å². The molecule has 0 rings (SSSR count). The van der Waals surface area contributed by atoms with Crippen molar-refractivity contribution in [2.24, 2.45) is 0 Å². The number of hydrogen-bond donors (Lipinski definition) is 3. The van der Waals surface area contributed by atoms with Gasteiger partial charge < -0.3 is 15.5 Å². The molecule has 2 unspecified atom stereocenters. The number of aliphatic hydroxyl groups is 1. The van der Waals surface area contributed by atoms with Crippen LogP contribution < -0.4 is 5.32 Å². The summed E-state index contributed by atoms with van der Waals surface area (Å²) in [6.45, 7) is 3.48. The van der Waals surface area contributed by atoms with Crippen molar-refractivity contribution in [1.82, 2.24) is 5.32 Å². The predicted molar refractivity (Wildman–Crippen MR) is 91.9 cm³/mol. The van der Waals surface area contributed by atoms with Crippen molar-refractivity contribution in [1.29, 1.82) is 0 Å². The maximum atomic E-state index is 11.5. The summed E-state index contributed by atoms with van der Waals surface area (Å²) in [4.78, 5) is 22.3. The van der Waals surface area contributed by atoms with Gasteiger partial charge in [0.1, 0.15) is 0 Å². The molecule has 0 radical (unpaired) electrons. The summed E-state index contributed by atoms with van der Waals surface area (Å²) in [6, 6.07) is -1.31. The SMILES string of the molecule is CCCCC/C=C/C=C/C=C/C=C/C(=O)NC(C(=O)O)C(C)O. The molecule has 23 heavy (non-hydrogen) atoms. The van der Waals surface area contributed by atoms with E-state index in [2.05, 4.69) is 18.3 Å². The largest absolute Gasteiger partial charge is 0.480 e. The Balaban J connectivity index is 4.07. The Bertz CT molecular complexity index is 462. The fourth-order valence-corrected chi connectivity index (χ4v) is 1.68. The van der Waals surface area contributed by atoms with Crippen LogP contribution in [0.3, 0.4) is 0 Å². The van der Waals surface area contributed by atoms with Gasteiger partial charge in [0.2, 0.25) is 5.91 Å². The number of aliphatic carboxylic acids is 1. The second kappa shape index (κ2) is 13.5. The zero-order valence-corrected chi connectivity index (χ0v) is 13.8. The summed E-state index contributed by atoms with van der Waals surface area (Å²) in [7, 11) is 0. The summed E-state index contributed by atoms with van der Waals surface area (Å²) in [6.07, 6.45) is 17.6. The summed E-state index contributed by atoms with van der Waals surface area (Å²) in [5.74, 6) is -1.84. The Morgan fingerprint density at radius 3 is 2.22 bits per heavy atom. The van der Waals surface area contributed by atoms with E-state index in [0.29, 0.717) is 0 Å². The molecule has 0 fully saturated rings. The molecule has 0 aliphatic heterocycles. The van der Waals surface area contributed by atoms with E-state index in [1.54, 1.807) is 12.2 Å².